The van der Waals surface area contributed by atoms with Gasteiger partial charge in [-0.15, -0.1) is 11.3 Å². The van der Waals surface area contributed by atoms with Crippen LogP contribution in [-0.2, 0) is 9.59 Å². The number of anilines is 1. The zero-order valence-corrected chi connectivity index (χ0v) is 17.4. The van der Waals surface area contributed by atoms with Gasteiger partial charge in [-0.05, 0) is 42.5 Å². The second-order valence-electron chi connectivity index (χ2n) is 6.08. The van der Waals surface area contributed by atoms with E-state index in [4.69, 9.17) is 27.4 Å². The molecule has 2 aromatic rings. The number of nitrogens with two attached hydrogens (primary N) is 3. The van der Waals surface area contributed by atoms with Crippen molar-refractivity contribution in [1.29, 1.82) is 0 Å². The van der Waals surface area contributed by atoms with E-state index >= 15 is 0 Å². The molecule has 1 heterocycles. The van der Waals surface area contributed by atoms with Gasteiger partial charge in [0.15, 0.2) is 5.96 Å². The van der Waals surface area contributed by atoms with Crippen molar-refractivity contribution in [3.8, 4) is 0 Å². The number of hydrogen-bond acceptors (Lipinski definition) is 6. The summed E-state index contributed by atoms with van der Waals surface area (Å²) in [5, 5.41) is 21.8. The van der Waals surface area contributed by atoms with Crippen LogP contribution in [0.2, 0.25) is 0 Å². The molecule has 0 unspecified atom stereocenters. The van der Waals surface area contributed by atoms with E-state index in [1.54, 1.807) is 24.3 Å². The maximum Gasteiger partial charge on any atom is 0.337 e. The lowest BCUT2D eigenvalue weighted by atomic mass is 10.2. The van der Waals surface area contributed by atoms with Crippen molar-refractivity contribution in [2.24, 2.45) is 22.2 Å². The van der Waals surface area contributed by atoms with E-state index in [-0.39, 0.29) is 23.1 Å². The molecule has 2 rings (SSSR count). The number of thiophene rings is 1. The van der Waals surface area contributed by atoms with Crippen LogP contribution in [0.1, 0.15) is 28.1 Å². The maximum absolute atomic E-state index is 11.7. The van der Waals surface area contributed by atoms with Gasteiger partial charge >= 0.3 is 11.9 Å². The average molecular weight is 448 g/mol. The van der Waals surface area contributed by atoms with Gasteiger partial charge in [-0.2, -0.15) is 0 Å². The Kier molecular flexibility index (Phi) is 11.0. The molecule has 0 aliphatic heterocycles. The van der Waals surface area contributed by atoms with Gasteiger partial charge in [-0.25, -0.2) is 4.79 Å². The molecule has 0 aliphatic carbocycles. The van der Waals surface area contributed by atoms with Crippen LogP contribution < -0.4 is 22.5 Å². The summed E-state index contributed by atoms with van der Waals surface area (Å²) in [4.78, 5) is 37.5. The molecule has 0 spiro atoms. The summed E-state index contributed by atoms with van der Waals surface area (Å²) in [6.07, 6.45) is 4.02. The van der Waals surface area contributed by atoms with Crippen LogP contribution in [0.4, 0.5) is 5.69 Å². The molecule has 166 valence electrons. The lowest BCUT2D eigenvalue weighted by molar-refractivity contribution is -0.138. The minimum Gasteiger partial charge on any atom is -0.480 e. The monoisotopic (exact) mass is 447 g/mol. The van der Waals surface area contributed by atoms with Crippen LogP contribution in [0.3, 0.4) is 0 Å². The predicted octanol–water partition coefficient (Wildman–Crippen LogP) is 1.55. The fraction of sp³-hybridized carbons (Fsp3) is 0.200. The second-order valence-corrected chi connectivity index (χ2v) is 7.06. The molecular weight excluding hydrogens is 422 g/mol. The van der Waals surface area contributed by atoms with E-state index in [1.165, 1.54) is 23.5 Å². The Morgan fingerprint density at radius 2 is 1.84 bits per heavy atom. The number of guanidine groups is 1. The molecule has 0 saturated heterocycles. The second kappa shape index (κ2) is 13.5. The third-order valence-electron chi connectivity index (χ3n) is 3.64. The summed E-state index contributed by atoms with van der Waals surface area (Å²) >= 11 is 1.52. The molecule has 0 bridgehead atoms. The number of carbonyl (C=O) groups is 3. The van der Waals surface area contributed by atoms with Crippen LogP contribution in [0.5, 0.6) is 0 Å². The number of nitrogens with zero attached hydrogens (tertiary/aromatic N) is 1. The minimum absolute atomic E-state index is 0.0129. The fourth-order valence-corrected chi connectivity index (χ4v) is 2.76. The molecule has 0 fully saturated rings. The number of benzene rings is 1. The molecule has 0 saturated carbocycles. The summed E-state index contributed by atoms with van der Waals surface area (Å²) in [7, 11) is 0. The number of carboxylic acids is 2. The van der Waals surface area contributed by atoms with Crippen LogP contribution in [0.15, 0.2) is 52.8 Å². The lowest BCUT2D eigenvalue weighted by Gasteiger charge is -2.05. The van der Waals surface area contributed by atoms with Gasteiger partial charge in [0.05, 0.1) is 11.3 Å². The van der Waals surface area contributed by atoms with Gasteiger partial charge in [0.2, 0.25) is 5.91 Å². The van der Waals surface area contributed by atoms with Crippen LogP contribution in [-0.4, -0.2) is 46.6 Å². The Hall–Kier alpha value is -3.70. The third-order valence-corrected chi connectivity index (χ3v) is 4.48. The van der Waals surface area contributed by atoms with Crippen molar-refractivity contribution >= 4 is 46.9 Å². The van der Waals surface area contributed by atoms with E-state index in [0.29, 0.717) is 19.4 Å². The molecule has 9 N–H and O–H groups in total. The van der Waals surface area contributed by atoms with Gasteiger partial charge in [0, 0.05) is 17.5 Å². The number of carboxylic acid groups (broad SMARTS) is 2. The number of hydrogen-bond donors (Lipinski definition) is 6. The first-order valence-electron chi connectivity index (χ1n) is 9.09. The number of aromatic carboxylic acids is 1. The Morgan fingerprint density at radius 1 is 1.13 bits per heavy atom. The summed E-state index contributed by atoms with van der Waals surface area (Å²) in [5.41, 5.74) is 15.7. The van der Waals surface area contributed by atoms with Crippen LogP contribution >= 0.6 is 11.3 Å². The molecule has 11 heteroatoms. The fourth-order valence-electron chi connectivity index (χ4n) is 2.14. The predicted molar refractivity (Wildman–Crippen MR) is 121 cm³/mol. The van der Waals surface area contributed by atoms with Crippen molar-refractivity contribution in [2.75, 3.05) is 11.9 Å². The summed E-state index contributed by atoms with van der Waals surface area (Å²) in [6.45, 7) is 0.420. The van der Waals surface area contributed by atoms with E-state index in [1.807, 2.05) is 17.5 Å². The maximum atomic E-state index is 11.7. The standard InChI is InChI=1S/C14H11NO3S.C6H14N4O2/c16-13(8-7-10-4-3-9-19-10)15-12-6-2-1-5-11(12)14(17)18;7-4(5(11)12)2-1-3-10-6(8)9/h1-9H,(H,15,16)(H,17,18);4H,1-3,7H2,(H,11,12)(H4,8,9,10)/t;4-/m.0/s1. The Bertz CT molecular complexity index is 924. The lowest BCUT2D eigenvalue weighted by Crippen LogP contribution is -2.30. The minimum atomic E-state index is -1.07. The number of para-hydroxylation sites is 1. The molecular formula is C20H25N5O5S. The Morgan fingerprint density at radius 3 is 2.42 bits per heavy atom. The number of carbonyl (C=O) groups excluding carboxylic acids is 1. The molecule has 0 radical (unpaired) electrons. The van der Waals surface area contributed by atoms with Gasteiger partial charge in [0.1, 0.15) is 6.04 Å². The number of aliphatic imine (C=N–C) groups is 1. The van der Waals surface area contributed by atoms with Crippen LogP contribution in [0.25, 0.3) is 6.08 Å². The normalized spacial score (nSPS) is 11.1. The van der Waals surface area contributed by atoms with Crippen molar-refractivity contribution in [3.63, 3.8) is 0 Å². The summed E-state index contributed by atoms with van der Waals surface area (Å²) in [5.74, 6) is -2.42. The molecule has 1 amide bonds. The van der Waals surface area contributed by atoms with E-state index in [9.17, 15) is 14.4 Å². The Balaban J connectivity index is 0.000000348. The summed E-state index contributed by atoms with van der Waals surface area (Å²) in [6, 6.07) is 9.24. The molecule has 1 aromatic heterocycles. The molecule has 1 aromatic carbocycles. The summed E-state index contributed by atoms with van der Waals surface area (Å²) < 4.78 is 0. The van der Waals surface area contributed by atoms with Crippen molar-refractivity contribution in [2.45, 2.75) is 18.9 Å². The number of rotatable bonds is 9. The largest absolute Gasteiger partial charge is 0.480 e. The van der Waals surface area contributed by atoms with Gasteiger partial charge in [-0.1, -0.05) is 18.2 Å². The molecule has 1 atom stereocenters. The zero-order valence-electron chi connectivity index (χ0n) is 16.6. The highest BCUT2D eigenvalue weighted by Gasteiger charge is 2.10. The highest BCUT2D eigenvalue weighted by Crippen LogP contribution is 2.15. The molecule has 0 aliphatic rings. The number of nitrogens with one attached hydrogen (secondary N) is 1. The van der Waals surface area contributed by atoms with Crippen molar-refractivity contribution in [1.82, 2.24) is 0 Å². The quantitative estimate of drug-likeness (QED) is 0.144. The Labute approximate surface area is 183 Å². The van der Waals surface area contributed by atoms with E-state index < -0.39 is 18.0 Å². The van der Waals surface area contributed by atoms with E-state index in [2.05, 4.69) is 10.3 Å². The highest BCUT2D eigenvalue weighted by atomic mass is 32.1. The SMILES string of the molecule is NC(N)=NCCC[C@H](N)C(=O)O.O=C(C=Cc1cccs1)Nc1ccccc1C(=O)O. The third kappa shape index (κ3) is 10.6. The van der Waals surface area contributed by atoms with Crippen molar-refractivity contribution < 1.29 is 24.6 Å². The topological polar surface area (TPSA) is 194 Å². The molecule has 10 nitrogen and oxygen atoms in total. The van der Waals surface area contributed by atoms with Gasteiger partial charge in [-0.3, -0.25) is 14.6 Å². The highest BCUT2D eigenvalue weighted by molar-refractivity contribution is 7.10. The van der Waals surface area contributed by atoms with Crippen LogP contribution in [0, 0.1) is 0 Å². The smallest absolute Gasteiger partial charge is 0.337 e. The first-order chi connectivity index (χ1) is 14.7. The van der Waals surface area contributed by atoms with Gasteiger partial charge in [0.25, 0.3) is 0 Å². The first kappa shape index (κ1) is 25.3. The average Bonchev–Trinajstić information content (AvgIpc) is 3.23. The van der Waals surface area contributed by atoms with Gasteiger partial charge < -0.3 is 32.7 Å². The molecule has 31 heavy (non-hydrogen) atoms. The number of aliphatic carboxylic acids is 1. The van der Waals surface area contributed by atoms with E-state index in [0.717, 1.165) is 4.88 Å². The zero-order chi connectivity index (χ0) is 23.2. The van der Waals surface area contributed by atoms with Crippen molar-refractivity contribution in [3.05, 3.63) is 58.3 Å². The first-order valence-corrected chi connectivity index (χ1v) is 9.97. The number of amides is 1.